The topological polar surface area (TPSA) is 120 Å². The maximum absolute atomic E-state index is 12.1. The summed E-state index contributed by atoms with van der Waals surface area (Å²) < 4.78 is 10.9. The van der Waals surface area contributed by atoms with Gasteiger partial charge in [0.25, 0.3) is 11.6 Å². The summed E-state index contributed by atoms with van der Waals surface area (Å²) in [6, 6.07) is 19.0. The predicted molar refractivity (Wildman–Crippen MR) is 104 cm³/mol. The van der Waals surface area contributed by atoms with E-state index >= 15 is 0 Å². The lowest BCUT2D eigenvalue weighted by atomic mass is 10.1. The standard InChI is InChI=1S/C20H14N4O5/c25-18(12-28-17-9-8-13-4-1-2-5-14(13)11-17)21-20-23-22-19(29-20)15-6-3-7-16(10-15)24(26)27/h1-11H,12H2,(H,21,23,25). The van der Waals surface area contributed by atoms with E-state index < -0.39 is 10.8 Å². The summed E-state index contributed by atoms with van der Waals surface area (Å²) in [5, 5.41) is 22.9. The Bertz CT molecular complexity index is 1200. The number of aromatic nitrogens is 2. The van der Waals surface area contributed by atoms with Crippen molar-refractivity contribution < 1.29 is 18.9 Å². The molecule has 9 nitrogen and oxygen atoms in total. The van der Waals surface area contributed by atoms with E-state index in [9.17, 15) is 14.9 Å². The number of fused-ring (bicyclic) bond motifs is 1. The van der Waals surface area contributed by atoms with E-state index in [0.717, 1.165) is 10.8 Å². The van der Waals surface area contributed by atoms with Gasteiger partial charge in [0.1, 0.15) is 5.75 Å². The van der Waals surface area contributed by atoms with Crippen LogP contribution in [0.25, 0.3) is 22.2 Å². The van der Waals surface area contributed by atoms with E-state index in [0.29, 0.717) is 11.3 Å². The first-order valence-corrected chi connectivity index (χ1v) is 8.58. The number of ether oxygens (including phenoxy) is 1. The quantitative estimate of drug-likeness (QED) is 0.392. The first-order chi connectivity index (χ1) is 14.1. The number of nitro benzene ring substituents is 1. The Morgan fingerprint density at radius 2 is 1.86 bits per heavy atom. The fourth-order valence-corrected chi connectivity index (χ4v) is 2.70. The lowest BCUT2D eigenvalue weighted by molar-refractivity contribution is -0.384. The normalized spacial score (nSPS) is 10.6. The van der Waals surface area contributed by atoms with Crippen LogP contribution in [0.15, 0.2) is 71.1 Å². The number of nitrogens with zero attached hydrogens (tertiary/aromatic N) is 3. The zero-order valence-electron chi connectivity index (χ0n) is 14.9. The summed E-state index contributed by atoms with van der Waals surface area (Å²) in [5.74, 6) is 0.133. The Kier molecular flexibility index (Phi) is 4.85. The van der Waals surface area contributed by atoms with Crippen molar-refractivity contribution in [1.82, 2.24) is 10.2 Å². The number of anilines is 1. The minimum Gasteiger partial charge on any atom is -0.484 e. The van der Waals surface area contributed by atoms with Crippen molar-refractivity contribution in [2.75, 3.05) is 11.9 Å². The molecule has 0 aliphatic rings. The summed E-state index contributed by atoms with van der Waals surface area (Å²) in [6.45, 7) is -0.243. The molecule has 1 amide bonds. The zero-order valence-corrected chi connectivity index (χ0v) is 14.9. The third kappa shape index (κ3) is 4.19. The summed E-state index contributed by atoms with van der Waals surface area (Å²) >= 11 is 0. The van der Waals surface area contributed by atoms with E-state index in [2.05, 4.69) is 15.5 Å². The molecule has 0 spiro atoms. The minimum atomic E-state index is -0.521. The van der Waals surface area contributed by atoms with Crippen LogP contribution in [0.1, 0.15) is 0 Å². The van der Waals surface area contributed by atoms with Gasteiger partial charge in [-0.25, -0.2) is 0 Å². The largest absolute Gasteiger partial charge is 0.484 e. The molecule has 0 aliphatic heterocycles. The van der Waals surface area contributed by atoms with Gasteiger partial charge in [-0.05, 0) is 29.0 Å². The molecule has 144 valence electrons. The lowest BCUT2D eigenvalue weighted by Gasteiger charge is -2.06. The number of non-ortho nitro benzene ring substituents is 1. The van der Waals surface area contributed by atoms with Crippen molar-refractivity contribution >= 4 is 28.4 Å². The molecular formula is C20H14N4O5. The second-order valence-corrected chi connectivity index (χ2v) is 6.07. The number of rotatable bonds is 6. The van der Waals surface area contributed by atoms with Crippen LogP contribution in [0.3, 0.4) is 0 Å². The number of nitrogens with one attached hydrogen (secondary N) is 1. The first kappa shape index (κ1) is 18.1. The zero-order chi connectivity index (χ0) is 20.2. The van der Waals surface area contributed by atoms with Crippen LogP contribution in [0.2, 0.25) is 0 Å². The molecule has 29 heavy (non-hydrogen) atoms. The average molecular weight is 390 g/mol. The van der Waals surface area contributed by atoms with Gasteiger partial charge < -0.3 is 9.15 Å². The smallest absolute Gasteiger partial charge is 0.322 e. The molecule has 0 saturated carbocycles. The molecule has 1 N–H and O–H groups in total. The van der Waals surface area contributed by atoms with Crippen LogP contribution in [0, 0.1) is 10.1 Å². The number of amides is 1. The highest BCUT2D eigenvalue weighted by Gasteiger charge is 2.14. The third-order valence-electron chi connectivity index (χ3n) is 4.07. The number of hydrogen-bond donors (Lipinski definition) is 1. The van der Waals surface area contributed by atoms with Crippen molar-refractivity contribution in [1.29, 1.82) is 0 Å². The minimum absolute atomic E-state index is 0.0550. The molecule has 0 aliphatic carbocycles. The van der Waals surface area contributed by atoms with E-state index in [1.54, 1.807) is 12.1 Å². The van der Waals surface area contributed by atoms with Crippen LogP contribution in [0.4, 0.5) is 11.7 Å². The highest BCUT2D eigenvalue weighted by atomic mass is 16.6. The summed E-state index contributed by atoms with van der Waals surface area (Å²) in [6.07, 6.45) is 0. The second kappa shape index (κ2) is 7.77. The maximum Gasteiger partial charge on any atom is 0.322 e. The maximum atomic E-state index is 12.1. The van der Waals surface area contributed by atoms with Crippen molar-refractivity contribution in [3.63, 3.8) is 0 Å². The highest BCUT2D eigenvalue weighted by Crippen LogP contribution is 2.24. The van der Waals surface area contributed by atoms with E-state index in [4.69, 9.17) is 9.15 Å². The van der Waals surface area contributed by atoms with Gasteiger partial charge in [-0.1, -0.05) is 41.5 Å². The molecule has 0 radical (unpaired) electrons. The van der Waals surface area contributed by atoms with Crippen molar-refractivity contribution in [2.45, 2.75) is 0 Å². The van der Waals surface area contributed by atoms with E-state index in [-0.39, 0.29) is 24.2 Å². The summed E-state index contributed by atoms with van der Waals surface area (Å²) in [7, 11) is 0. The van der Waals surface area contributed by atoms with E-state index in [1.807, 2.05) is 36.4 Å². The number of benzene rings is 3. The van der Waals surface area contributed by atoms with Gasteiger partial charge in [-0.2, -0.15) is 0 Å². The number of carbonyl (C=O) groups is 1. The Balaban J connectivity index is 1.38. The van der Waals surface area contributed by atoms with Crippen LogP contribution in [0.5, 0.6) is 5.75 Å². The number of nitro groups is 1. The summed E-state index contributed by atoms with van der Waals surface area (Å²) in [4.78, 5) is 22.4. The molecule has 4 aromatic rings. The molecular weight excluding hydrogens is 376 g/mol. The monoisotopic (exact) mass is 390 g/mol. The Labute approximate surface area is 164 Å². The molecule has 0 fully saturated rings. The van der Waals surface area contributed by atoms with Gasteiger partial charge in [0.2, 0.25) is 5.89 Å². The molecule has 4 rings (SSSR count). The van der Waals surface area contributed by atoms with Crippen molar-refractivity contribution in [3.8, 4) is 17.2 Å². The van der Waals surface area contributed by atoms with Crippen LogP contribution < -0.4 is 10.1 Å². The lowest BCUT2D eigenvalue weighted by Crippen LogP contribution is -2.20. The summed E-state index contributed by atoms with van der Waals surface area (Å²) in [5.41, 5.74) is 0.273. The van der Waals surface area contributed by atoms with Gasteiger partial charge in [0.15, 0.2) is 6.61 Å². The van der Waals surface area contributed by atoms with Gasteiger partial charge >= 0.3 is 6.01 Å². The Morgan fingerprint density at radius 1 is 1.03 bits per heavy atom. The highest BCUT2D eigenvalue weighted by molar-refractivity contribution is 5.90. The van der Waals surface area contributed by atoms with E-state index in [1.165, 1.54) is 18.2 Å². The average Bonchev–Trinajstić information content (AvgIpc) is 3.20. The second-order valence-electron chi connectivity index (χ2n) is 6.07. The van der Waals surface area contributed by atoms with Gasteiger partial charge in [0, 0.05) is 17.7 Å². The molecule has 3 aromatic carbocycles. The number of hydrogen-bond acceptors (Lipinski definition) is 7. The van der Waals surface area contributed by atoms with Crippen molar-refractivity contribution in [3.05, 3.63) is 76.8 Å². The molecule has 1 aromatic heterocycles. The number of carbonyl (C=O) groups excluding carboxylic acids is 1. The predicted octanol–water partition coefficient (Wildman–Crippen LogP) is 3.82. The Hall–Kier alpha value is -4.27. The van der Waals surface area contributed by atoms with Crippen LogP contribution in [-0.2, 0) is 4.79 Å². The fraction of sp³-hybridized carbons (Fsp3) is 0.0500. The Morgan fingerprint density at radius 3 is 2.69 bits per heavy atom. The molecule has 9 heteroatoms. The van der Waals surface area contributed by atoms with Gasteiger partial charge in [-0.3, -0.25) is 20.2 Å². The van der Waals surface area contributed by atoms with Crippen molar-refractivity contribution in [2.24, 2.45) is 0 Å². The molecule has 0 bridgehead atoms. The molecule has 0 atom stereocenters. The molecule has 1 heterocycles. The van der Waals surface area contributed by atoms with Crippen LogP contribution >= 0.6 is 0 Å². The van der Waals surface area contributed by atoms with Gasteiger partial charge in [0.05, 0.1) is 4.92 Å². The van der Waals surface area contributed by atoms with Crippen LogP contribution in [-0.4, -0.2) is 27.6 Å². The third-order valence-corrected chi connectivity index (χ3v) is 4.07. The first-order valence-electron chi connectivity index (χ1n) is 8.58. The van der Waals surface area contributed by atoms with Gasteiger partial charge in [-0.15, -0.1) is 5.10 Å². The SMILES string of the molecule is O=C(COc1ccc2ccccc2c1)Nc1nnc(-c2cccc([N+](=O)[O-])c2)o1. The fourth-order valence-electron chi connectivity index (χ4n) is 2.70. The molecule has 0 unspecified atom stereocenters. The molecule has 0 saturated heterocycles.